The summed E-state index contributed by atoms with van der Waals surface area (Å²) in [6, 6.07) is 0. The van der Waals surface area contributed by atoms with E-state index in [2.05, 4.69) is 12.3 Å². The van der Waals surface area contributed by atoms with Gasteiger partial charge in [-0.3, -0.25) is 10.2 Å². The number of hydrogen-bond donors (Lipinski definition) is 2. The van der Waals surface area contributed by atoms with Crippen LogP contribution in [0.15, 0.2) is 0 Å². The highest BCUT2D eigenvalue weighted by atomic mass is 16.6. The molecule has 1 saturated heterocycles. The van der Waals surface area contributed by atoms with Crippen LogP contribution in [0, 0.1) is 5.92 Å². The van der Waals surface area contributed by atoms with Gasteiger partial charge >= 0.3 is 0 Å². The number of hydrogen-bond acceptors (Lipinski definition) is 4. The van der Waals surface area contributed by atoms with Crippen molar-refractivity contribution in [3.63, 3.8) is 0 Å². The first kappa shape index (κ1) is 12.4. The normalized spacial score (nSPS) is 23.5. The Hall–Kier alpha value is -0.650. The quantitative estimate of drug-likeness (QED) is 0.391. The Balaban J connectivity index is 2.38. The van der Waals surface area contributed by atoms with E-state index in [9.17, 15) is 4.79 Å². The summed E-state index contributed by atoms with van der Waals surface area (Å²) in [5.41, 5.74) is 2.20. The van der Waals surface area contributed by atoms with Crippen LogP contribution in [0.5, 0.6) is 0 Å². The van der Waals surface area contributed by atoms with Crippen LogP contribution in [0.3, 0.4) is 0 Å². The molecule has 2 atom stereocenters. The molecule has 0 spiro atoms. The topological polar surface area (TPSA) is 73.6 Å². The van der Waals surface area contributed by atoms with Gasteiger partial charge in [0.15, 0.2) is 0 Å². The summed E-state index contributed by atoms with van der Waals surface area (Å²) in [6.45, 7) is 3.90. The number of amides is 1. The van der Waals surface area contributed by atoms with Crippen molar-refractivity contribution in [1.82, 2.24) is 5.43 Å². The molecule has 88 valence electrons. The van der Waals surface area contributed by atoms with Crippen LogP contribution in [0.25, 0.3) is 0 Å². The molecule has 1 fully saturated rings. The lowest BCUT2D eigenvalue weighted by Gasteiger charge is -2.26. The minimum Gasteiger partial charge on any atom is -0.376 e. The maximum atomic E-state index is 11.4. The molecule has 0 aliphatic carbocycles. The molecule has 0 aromatic carbocycles. The molecule has 0 aromatic heterocycles. The summed E-state index contributed by atoms with van der Waals surface area (Å²) in [4.78, 5) is 11.4. The van der Waals surface area contributed by atoms with Gasteiger partial charge in [-0.05, 0) is 12.8 Å². The predicted octanol–water partition coefficient (Wildman–Crippen LogP) is 0.198. The van der Waals surface area contributed by atoms with E-state index >= 15 is 0 Å². The fourth-order valence-corrected chi connectivity index (χ4v) is 1.81. The Kier molecular flexibility index (Phi) is 5.60. The zero-order valence-electron chi connectivity index (χ0n) is 9.20. The molecule has 0 aromatic rings. The molecule has 1 aliphatic heterocycles. The summed E-state index contributed by atoms with van der Waals surface area (Å²) in [7, 11) is 0. The van der Waals surface area contributed by atoms with Crippen molar-refractivity contribution in [3.8, 4) is 0 Å². The first-order chi connectivity index (χ1) is 7.27. The summed E-state index contributed by atoms with van der Waals surface area (Å²) in [5.74, 6) is 4.97. The molecule has 1 rings (SSSR count). The molecule has 3 N–H and O–H groups in total. The van der Waals surface area contributed by atoms with Crippen LogP contribution in [-0.2, 0) is 14.3 Å². The number of carbonyl (C=O) groups excluding carboxylic acids is 1. The SMILES string of the molecule is CCCC(CC1COCCO1)C(=O)NN. The van der Waals surface area contributed by atoms with Gasteiger partial charge in [-0.2, -0.15) is 0 Å². The van der Waals surface area contributed by atoms with Crippen LogP contribution in [0.4, 0.5) is 0 Å². The maximum Gasteiger partial charge on any atom is 0.237 e. The Morgan fingerprint density at radius 2 is 2.40 bits per heavy atom. The molecule has 5 nitrogen and oxygen atoms in total. The molecule has 15 heavy (non-hydrogen) atoms. The molecule has 5 heteroatoms. The average Bonchev–Trinajstić information content (AvgIpc) is 2.29. The van der Waals surface area contributed by atoms with E-state index in [1.807, 2.05) is 0 Å². The second-order valence-electron chi connectivity index (χ2n) is 3.80. The molecule has 0 radical (unpaired) electrons. The molecule has 0 bridgehead atoms. The molecule has 1 heterocycles. The second kappa shape index (κ2) is 6.76. The van der Waals surface area contributed by atoms with E-state index in [0.29, 0.717) is 26.2 Å². The van der Waals surface area contributed by atoms with Gasteiger partial charge in [-0.15, -0.1) is 0 Å². The monoisotopic (exact) mass is 216 g/mol. The summed E-state index contributed by atoms with van der Waals surface area (Å²) < 4.78 is 10.8. The standard InChI is InChI=1S/C10H20N2O3/c1-2-3-8(10(13)12-11)6-9-7-14-4-5-15-9/h8-9H,2-7,11H2,1H3,(H,12,13). The van der Waals surface area contributed by atoms with E-state index < -0.39 is 0 Å². The average molecular weight is 216 g/mol. The van der Waals surface area contributed by atoms with E-state index in [1.165, 1.54) is 0 Å². The van der Waals surface area contributed by atoms with Crippen molar-refractivity contribution in [1.29, 1.82) is 0 Å². The highest BCUT2D eigenvalue weighted by molar-refractivity contribution is 5.77. The predicted molar refractivity (Wildman–Crippen MR) is 55.9 cm³/mol. The lowest BCUT2D eigenvalue weighted by molar-refractivity contribution is -0.130. The summed E-state index contributed by atoms with van der Waals surface area (Å²) >= 11 is 0. The number of ether oxygens (including phenoxy) is 2. The minimum absolute atomic E-state index is 0.0348. The molecule has 2 unspecified atom stereocenters. The van der Waals surface area contributed by atoms with Gasteiger partial charge in [0.1, 0.15) is 0 Å². The highest BCUT2D eigenvalue weighted by Crippen LogP contribution is 2.17. The van der Waals surface area contributed by atoms with Crippen molar-refractivity contribution in [3.05, 3.63) is 0 Å². The van der Waals surface area contributed by atoms with Crippen molar-refractivity contribution in [2.24, 2.45) is 11.8 Å². The second-order valence-corrected chi connectivity index (χ2v) is 3.80. The highest BCUT2D eigenvalue weighted by Gasteiger charge is 2.24. The lowest BCUT2D eigenvalue weighted by atomic mass is 9.96. The molecule has 0 saturated carbocycles. The van der Waals surface area contributed by atoms with Crippen LogP contribution in [0.2, 0.25) is 0 Å². The minimum atomic E-state index is -0.106. The Labute approximate surface area is 90.3 Å². The van der Waals surface area contributed by atoms with Crippen molar-refractivity contribution in [2.75, 3.05) is 19.8 Å². The van der Waals surface area contributed by atoms with Gasteiger partial charge in [0.05, 0.1) is 25.9 Å². The van der Waals surface area contributed by atoms with Crippen LogP contribution in [0.1, 0.15) is 26.2 Å². The van der Waals surface area contributed by atoms with Gasteiger partial charge in [-0.1, -0.05) is 13.3 Å². The number of carbonyl (C=O) groups is 1. The fourth-order valence-electron chi connectivity index (χ4n) is 1.81. The lowest BCUT2D eigenvalue weighted by Crippen LogP contribution is -2.39. The molecular formula is C10H20N2O3. The fraction of sp³-hybridized carbons (Fsp3) is 0.900. The zero-order valence-corrected chi connectivity index (χ0v) is 9.20. The van der Waals surface area contributed by atoms with Crippen LogP contribution < -0.4 is 11.3 Å². The zero-order chi connectivity index (χ0) is 11.1. The number of nitrogens with two attached hydrogens (primary N) is 1. The number of nitrogens with one attached hydrogen (secondary N) is 1. The Morgan fingerprint density at radius 3 is 2.93 bits per heavy atom. The first-order valence-corrected chi connectivity index (χ1v) is 5.47. The van der Waals surface area contributed by atoms with Crippen molar-refractivity contribution < 1.29 is 14.3 Å². The Bertz CT molecular complexity index is 193. The van der Waals surface area contributed by atoms with Crippen molar-refractivity contribution >= 4 is 5.91 Å². The number of rotatable bonds is 5. The molecule has 1 amide bonds. The van der Waals surface area contributed by atoms with Crippen molar-refractivity contribution in [2.45, 2.75) is 32.3 Å². The smallest absolute Gasteiger partial charge is 0.237 e. The van der Waals surface area contributed by atoms with Gasteiger partial charge < -0.3 is 9.47 Å². The molecule has 1 aliphatic rings. The Morgan fingerprint density at radius 1 is 1.60 bits per heavy atom. The van der Waals surface area contributed by atoms with Crippen LogP contribution in [-0.4, -0.2) is 31.8 Å². The number of hydrazine groups is 1. The first-order valence-electron chi connectivity index (χ1n) is 5.47. The van der Waals surface area contributed by atoms with Gasteiger partial charge in [0.2, 0.25) is 5.91 Å². The van der Waals surface area contributed by atoms with Crippen LogP contribution >= 0.6 is 0 Å². The largest absolute Gasteiger partial charge is 0.376 e. The van der Waals surface area contributed by atoms with Gasteiger partial charge in [0, 0.05) is 5.92 Å². The maximum absolute atomic E-state index is 11.4. The third-order valence-corrected chi connectivity index (χ3v) is 2.58. The van der Waals surface area contributed by atoms with E-state index in [-0.39, 0.29) is 17.9 Å². The third-order valence-electron chi connectivity index (χ3n) is 2.58. The summed E-state index contributed by atoms with van der Waals surface area (Å²) in [5, 5.41) is 0. The van der Waals surface area contributed by atoms with E-state index in [4.69, 9.17) is 15.3 Å². The van der Waals surface area contributed by atoms with Gasteiger partial charge in [-0.25, -0.2) is 5.84 Å². The molecular weight excluding hydrogens is 196 g/mol. The van der Waals surface area contributed by atoms with E-state index in [0.717, 1.165) is 12.8 Å². The van der Waals surface area contributed by atoms with Gasteiger partial charge in [0.25, 0.3) is 0 Å². The van der Waals surface area contributed by atoms with E-state index in [1.54, 1.807) is 0 Å². The summed E-state index contributed by atoms with van der Waals surface area (Å²) in [6.07, 6.45) is 2.53. The third kappa shape index (κ3) is 4.15.